The van der Waals surface area contributed by atoms with Crippen molar-refractivity contribution in [2.45, 2.75) is 46.6 Å². The zero-order valence-electron chi connectivity index (χ0n) is 12.0. The minimum absolute atomic E-state index is 0.0189. The number of carbonyl (C=O) groups excluding carboxylic acids is 2. The summed E-state index contributed by atoms with van der Waals surface area (Å²) in [6, 6.07) is -0.380. The SMILES string of the molecule is CCCC(NCC(=O)N(CC)CC)C(=O)OCC. The van der Waals surface area contributed by atoms with Gasteiger partial charge in [-0.2, -0.15) is 0 Å². The zero-order chi connectivity index (χ0) is 14.0. The van der Waals surface area contributed by atoms with Crippen molar-refractivity contribution < 1.29 is 14.3 Å². The lowest BCUT2D eigenvalue weighted by Gasteiger charge is -2.21. The van der Waals surface area contributed by atoms with Crippen LogP contribution < -0.4 is 5.32 Å². The van der Waals surface area contributed by atoms with Crippen LogP contribution in [0.15, 0.2) is 0 Å². The molecule has 1 atom stereocenters. The summed E-state index contributed by atoms with van der Waals surface area (Å²) in [4.78, 5) is 25.2. The molecule has 18 heavy (non-hydrogen) atoms. The Bertz CT molecular complexity index is 253. The molecule has 106 valence electrons. The summed E-state index contributed by atoms with van der Waals surface area (Å²) >= 11 is 0. The molecule has 0 aliphatic rings. The summed E-state index contributed by atoms with van der Waals surface area (Å²) in [6.45, 7) is 9.59. The van der Waals surface area contributed by atoms with Crippen molar-refractivity contribution in [3.8, 4) is 0 Å². The Morgan fingerprint density at radius 1 is 1.17 bits per heavy atom. The summed E-state index contributed by atoms with van der Waals surface area (Å²) in [6.07, 6.45) is 1.56. The fourth-order valence-corrected chi connectivity index (χ4v) is 1.73. The fraction of sp³-hybridized carbons (Fsp3) is 0.846. The molecule has 0 saturated heterocycles. The third kappa shape index (κ3) is 6.00. The maximum Gasteiger partial charge on any atom is 0.323 e. The first kappa shape index (κ1) is 16.9. The van der Waals surface area contributed by atoms with E-state index in [1.807, 2.05) is 20.8 Å². The summed E-state index contributed by atoms with van der Waals surface area (Å²) in [5.41, 5.74) is 0. The highest BCUT2D eigenvalue weighted by Gasteiger charge is 2.20. The van der Waals surface area contributed by atoms with E-state index in [2.05, 4.69) is 5.32 Å². The molecule has 0 aliphatic carbocycles. The van der Waals surface area contributed by atoms with Gasteiger partial charge in [0.05, 0.1) is 13.2 Å². The molecule has 1 amide bonds. The second-order valence-electron chi connectivity index (χ2n) is 4.04. The Kier molecular flexibility index (Phi) is 9.28. The van der Waals surface area contributed by atoms with E-state index in [1.54, 1.807) is 11.8 Å². The molecule has 0 aromatic rings. The highest BCUT2D eigenvalue weighted by atomic mass is 16.5. The van der Waals surface area contributed by atoms with E-state index in [4.69, 9.17) is 4.74 Å². The second kappa shape index (κ2) is 9.88. The van der Waals surface area contributed by atoms with E-state index >= 15 is 0 Å². The molecule has 0 aromatic heterocycles. The molecule has 5 nitrogen and oxygen atoms in total. The van der Waals surface area contributed by atoms with Crippen molar-refractivity contribution in [1.82, 2.24) is 10.2 Å². The average molecular weight is 258 g/mol. The van der Waals surface area contributed by atoms with Gasteiger partial charge in [0.2, 0.25) is 5.91 Å². The smallest absolute Gasteiger partial charge is 0.323 e. The number of likely N-dealkylation sites (N-methyl/N-ethyl adjacent to an activating group) is 1. The second-order valence-corrected chi connectivity index (χ2v) is 4.04. The van der Waals surface area contributed by atoms with Gasteiger partial charge in [-0.3, -0.25) is 14.9 Å². The van der Waals surface area contributed by atoms with Crippen LogP contribution in [0.5, 0.6) is 0 Å². The molecular weight excluding hydrogens is 232 g/mol. The molecule has 0 aliphatic heterocycles. The van der Waals surface area contributed by atoms with E-state index in [0.717, 1.165) is 6.42 Å². The normalized spacial score (nSPS) is 12.0. The van der Waals surface area contributed by atoms with Crippen molar-refractivity contribution in [2.24, 2.45) is 0 Å². The summed E-state index contributed by atoms with van der Waals surface area (Å²) in [7, 11) is 0. The minimum atomic E-state index is -0.380. The van der Waals surface area contributed by atoms with Gasteiger partial charge in [-0.1, -0.05) is 13.3 Å². The van der Waals surface area contributed by atoms with Gasteiger partial charge in [0.1, 0.15) is 6.04 Å². The first-order valence-electron chi connectivity index (χ1n) is 6.78. The number of carbonyl (C=O) groups is 2. The van der Waals surface area contributed by atoms with E-state index in [-0.39, 0.29) is 24.5 Å². The molecule has 0 rings (SSSR count). The van der Waals surface area contributed by atoms with E-state index in [0.29, 0.717) is 26.1 Å². The topological polar surface area (TPSA) is 58.6 Å². The lowest BCUT2D eigenvalue weighted by molar-refractivity contribution is -0.146. The molecular formula is C13H26N2O3. The summed E-state index contributed by atoms with van der Waals surface area (Å²) < 4.78 is 4.98. The van der Waals surface area contributed by atoms with Gasteiger partial charge in [0, 0.05) is 13.1 Å². The number of rotatable bonds is 9. The van der Waals surface area contributed by atoms with E-state index < -0.39 is 0 Å². The van der Waals surface area contributed by atoms with Crippen LogP contribution in [0.3, 0.4) is 0 Å². The van der Waals surface area contributed by atoms with Crippen LogP contribution in [-0.2, 0) is 14.3 Å². The number of amides is 1. The Hall–Kier alpha value is -1.10. The average Bonchev–Trinajstić information content (AvgIpc) is 2.36. The Balaban J connectivity index is 4.25. The molecule has 0 bridgehead atoms. The quantitative estimate of drug-likeness (QED) is 0.631. The largest absolute Gasteiger partial charge is 0.465 e. The third-order valence-corrected chi connectivity index (χ3v) is 2.76. The minimum Gasteiger partial charge on any atom is -0.465 e. The number of hydrogen-bond donors (Lipinski definition) is 1. The van der Waals surface area contributed by atoms with Crippen LogP contribution in [0.1, 0.15) is 40.5 Å². The van der Waals surface area contributed by atoms with Crippen molar-refractivity contribution >= 4 is 11.9 Å². The molecule has 0 fully saturated rings. The lowest BCUT2D eigenvalue weighted by Crippen LogP contribution is -2.45. The Morgan fingerprint density at radius 2 is 1.78 bits per heavy atom. The van der Waals surface area contributed by atoms with Crippen molar-refractivity contribution in [1.29, 1.82) is 0 Å². The van der Waals surface area contributed by atoms with Crippen LogP contribution in [0.25, 0.3) is 0 Å². The number of nitrogens with one attached hydrogen (secondary N) is 1. The summed E-state index contributed by atoms with van der Waals surface area (Å²) in [5, 5.41) is 2.99. The molecule has 0 spiro atoms. The number of esters is 1. The first-order valence-corrected chi connectivity index (χ1v) is 6.78. The van der Waals surface area contributed by atoms with Crippen LogP contribution in [-0.4, -0.2) is 49.1 Å². The first-order chi connectivity index (χ1) is 8.60. The van der Waals surface area contributed by atoms with Crippen LogP contribution in [0, 0.1) is 0 Å². The van der Waals surface area contributed by atoms with Gasteiger partial charge in [0.25, 0.3) is 0 Å². The summed E-state index contributed by atoms with van der Waals surface area (Å²) in [5.74, 6) is -0.253. The number of ether oxygens (including phenoxy) is 1. The monoisotopic (exact) mass is 258 g/mol. The maximum atomic E-state index is 11.8. The van der Waals surface area contributed by atoms with Gasteiger partial charge in [-0.05, 0) is 27.2 Å². The van der Waals surface area contributed by atoms with E-state index in [1.165, 1.54) is 0 Å². The molecule has 0 heterocycles. The van der Waals surface area contributed by atoms with Gasteiger partial charge in [-0.15, -0.1) is 0 Å². The van der Waals surface area contributed by atoms with Gasteiger partial charge in [0.15, 0.2) is 0 Å². The Labute approximate surface area is 110 Å². The molecule has 5 heteroatoms. The third-order valence-electron chi connectivity index (χ3n) is 2.76. The van der Waals surface area contributed by atoms with E-state index in [9.17, 15) is 9.59 Å². The molecule has 0 saturated carbocycles. The zero-order valence-corrected chi connectivity index (χ0v) is 12.0. The van der Waals surface area contributed by atoms with Gasteiger partial charge in [-0.25, -0.2) is 0 Å². The maximum absolute atomic E-state index is 11.8. The van der Waals surface area contributed by atoms with Crippen LogP contribution >= 0.6 is 0 Å². The van der Waals surface area contributed by atoms with Crippen LogP contribution in [0.2, 0.25) is 0 Å². The van der Waals surface area contributed by atoms with Crippen LogP contribution in [0.4, 0.5) is 0 Å². The molecule has 0 radical (unpaired) electrons. The molecule has 1 unspecified atom stereocenters. The highest BCUT2D eigenvalue weighted by Crippen LogP contribution is 2.00. The number of nitrogens with zero attached hydrogens (tertiary/aromatic N) is 1. The lowest BCUT2D eigenvalue weighted by atomic mass is 10.1. The molecule has 0 aromatic carbocycles. The highest BCUT2D eigenvalue weighted by molar-refractivity contribution is 5.80. The van der Waals surface area contributed by atoms with Crippen molar-refractivity contribution in [2.75, 3.05) is 26.2 Å². The van der Waals surface area contributed by atoms with Gasteiger partial charge >= 0.3 is 5.97 Å². The number of hydrogen-bond acceptors (Lipinski definition) is 4. The van der Waals surface area contributed by atoms with Crippen molar-refractivity contribution in [3.05, 3.63) is 0 Å². The standard InChI is InChI=1S/C13H26N2O3/c1-5-9-11(13(17)18-8-4)14-10-12(16)15(6-2)7-3/h11,14H,5-10H2,1-4H3. The Morgan fingerprint density at radius 3 is 2.22 bits per heavy atom. The van der Waals surface area contributed by atoms with Crippen molar-refractivity contribution in [3.63, 3.8) is 0 Å². The predicted molar refractivity (Wildman–Crippen MR) is 71.3 cm³/mol. The van der Waals surface area contributed by atoms with Gasteiger partial charge < -0.3 is 9.64 Å². The fourth-order valence-electron chi connectivity index (χ4n) is 1.73. The molecule has 1 N–H and O–H groups in total. The predicted octanol–water partition coefficient (Wildman–Crippen LogP) is 1.18.